The smallest absolute Gasteiger partial charge is 0.255 e. The minimum Gasteiger partial charge on any atom is -0.497 e. The lowest BCUT2D eigenvalue weighted by Gasteiger charge is -2.20. The van der Waals surface area contributed by atoms with Crippen molar-refractivity contribution in [2.45, 2.75) is 5.37 Å². The average Bonchev–Trinajstić information content (AvgIpc) is 2.84. The predicted octanol–water partition coefficient (Wildman–Crippen LogP) is 2.51. The maximum Gasteiger partial charge on any atom is 0.255 e. The van der Waals surface area contributed by atoms with Crippen molar-refractivity contribution >= 4 is 17.7 Å². The van der Waals surface area contributed by atoms with Gasteiger partial charge in [0.15, 0.2) is 0 Å². The molecule has 1 amide bonds. The first-order chi connectivity index (χ1) is 11.5. The second-order valence-electron chi connectivity index (χ2n) is 5.41. The van der Waals surface area contributed by atoms with Crippen LogP contribution in [0.5, 0.6) is 11.5 Å². The van der Waals surface area contributed by atoms with Crippen molar-refractivity contribution in [3.05, 3.63) is 45.7 Å². The fourth-order valence-electron chi connectivity index (χ4n) is 2.99. The van der Waals surface area contributed by atoms with Gasteiger partial charge in [-0.3, -0.25) is 9.59 Å². The van der Waals surface area contributed by atoms with Crippen LogP contribution in [0, 0.1) is 0 Å². The molecule has 0 radical (unpaired) electrons. The summed E-state index contributed by atoms with van der Waals surface area (Å²) in [6, 6.07) is 6.74. The number of hydrogen-bond acceptors (Lipinski definition) is 5. The van der Waals surface area contributed by atoms with Crippen molar-refractivity contribution < 1.29 is 14.3 Å². The fourth-order valence-corrected chi connectivity index (χ4v) is 3.88. The number of methoxy groups -OCH3 is 2. The number of rotatable bonds is 4. The van der Waals surface area contributed by atoms with E-state index in [9.17, 15) is 9.59 Å². The van der Waals surface area contributed by atoms with E-state index in [4.69, 9.17) is 9.47 Å². The second kappa shape index (κ2) is 6.24. The number of ether oxygens (including phenoxy) is 2. The first-order valence-corrected chi connectivity index (χ1v) is 8.60. The van der Waals surface area contributed by atoms with Crippen LogP contribution in [0.2, 0.25) is 0 Å². The molecule has 0 unspecified atom stereocenters. The third-order valence-electron chi connectivity index (χ3n) is 4.13. The Labute approximate surface area is 143 Å². The monoisotopic (exact) mass is 346 g/mol. The van der Waals surface area contributed by atoms with E-state index in [0.717, 1.165) is 11.1 Å². The number of amides is 1. The lowest BCUT2D eigenvalue weighted by molar-refractivity contribution is 0.0813. The molecule has 1 aliphatic heterocycles. The maximum atomic E-state index is 12.5. The molecule has 1 atom stereocenters. The number of carbonyl (C=O) groups is 1. The SMILES string of the molecule is COc1ccc(-c2[nH]c(=O)cc3c2[C@@H](SC)N(C)C3=O)c(OC)c1. The Kier molecular flexibility index (Phi) is 4.28. The van der Waals surface area contributed by atoms with Crippen molar-refractivity contribution in [3.8, 4) is 22.8 Å². The van der Waals surface area contributed by atoms with E-state index in [0.29, 0.717) is 22.8 Å². The van der Waals surface area contributed by atoms with Crippen LogP contribution in [0.1, 0.15) is 21.3 Å². The number of nitrogens with zero attached hydrogens (tertiary/aromatic N) is 1. The van der Waals surface area contributed by atoms with Gasteiger partial charge in [-0.15, -0.1) is 11.8 Å². The van der Waals surface area contributed by atoms with Gasteiger partial charge in [0, 0.05) is 30.3 Å². The third kappa shape index (κ3) is 2.45. The molecule has 0 bridgehead atoms. The number of thioether (sulfide) groups is 1. The maximum absolute atomic E-state index is 12.5. The molecule has 0 saturated heterocycles. The van der Waals surface area contributed by atoms with Crippen LogP contribution < -0.4 is 15.0 Å². The second-order valence-corrected chi connectivity index (χ2v) is 6.32. The highest BCUT2D eigenvalue weighted by molar-refractivity contribution is 7.98. The highest BCUT2D eigenvalue weighted by atomic mass is 32.2. The summed E-state index contributed by atoms with van der Waals surface area (Å²) < 4.78 is 10.7. The molecule has 1 aliphatic rings. The summed E-state index contributed by atoms with van der Waals surface area (Å²) in [4.78, 5) is 29.1. The molecule has 6 nitrogen and oxygen atoms in total. The summed E-state index contributed by atoms with van der Waals surface area (Å²) in [5.74, 6) is 1.07. The number of aromatic amines is 1. The van der Waals surface area contributed by atoms with Crippen LogP contribution in [-0.2, 0) is 0 Å². The Hall–Kier alpha value is -2.41. The first kappa shape index (κ1) is 16.4. The van der Waals surface area contributed by atoms with Crippen molar-refractivity contribution in [1.29, 1.82) is 0 Å². The van der Waals surface area contributed by atoms with E-state index in [1.807, 2.05) is 12.3 Å². The molecule has 2 heterocycles. The van der Waals surface area contributed by atoms with E-state index < -0.39 is 0 Å². The minimum absolute atomic E-state index is 0.149. The fraction of sp³-hybridized carbons (Fsp3) is 0.294. The Bertz CT molecular complexity index is 862. The molecule has 0 aliphatic carbocycles. The Morgan fingerprint density at radius 2 is 1.88 bits per heavy atom. The van der Waals surface area contributed by atoms with Gasteiger partial charge in [-0.05, 0) is 18.4 Å². The molecule has 2 aromatic rings. The third-order valence-corrected chi connectivity index (χ3v) is 5.13. The summed E-state index contributed by atoms with van der Waals surface area (Å²) in [7, 11) is 4.87. The quantitative estimate of drug-likeness (QED) is 0.921. The van der Waals surface area contributed by atoms with Gasteiger partial charge in [0.2, 0.25) is 5.56 Å². The normalized spacial score (nSPS) is 16.2. The number of fused-ring (bicyclic) bond motifs is 1. The molecule has 1 N–H and O–H groups in total. The summed E-state index contributed by atoms with van der Waals surface area (Å²) in [6.45, 7) is 0. The van der Waals surface area contributed by atoms with Gasteiger partial charge in [-0.2, -0.15) is 0 Å². The van der Waals surface area contributed by atoms with Crippen LogP contribution in [0.3, 0.4) is 0 Å². The predicted molar refractivity (Wildman–Crippen MR) is 94.0 cm³/mol. The minimum atomic E-state index is -0.315. The highest BCUT2D eigenvalue weighted by Gasteiger charge is 2.37. The van der Waals surface area contributed by atoms with Crippen LogP contribution in [0.25, 0.3) is 11.3 Å². The molecule has 1 aromatic heterocycles. The zero-order valence-corrected chi connectivity index (χ0v) is 14.7. The number of nitrogens with one attached hydrogen (secondary N) is 1. The van der Waals surface area contributed by atoms with Crippen LogP contribution >= 0.6 is 11.8 Å². The van der Waals surface area contributed by atoms with E-state index in [-0.39, 0.29) is 16.8 Å². The standard InChI is InChI=1S/C17H18N2O4S/c1-19-16(21)11-8-13(20)18-15(14(11)17(19)24-4)10-6-5-9(22-2)7-12(10)23-3/h5-8,17H,1-4H3,(H,18,20)/t17-/m1/s1. The van der Waals surface area contributed by atoms with Gasteiger partial charge < -0.3 is 19.4 Å². The molecule has 0 saturated carbocycles. The highest BCUT2D eigenvalue weighted by Crippen LogP contribution is 2.45. The summed E-state index contributed by atoms with van der Waals surface area (Å²) in [5, 5.41) is -0.161. The largest absolute Gasteiger partial charge is 0.497 e. The molecule has 3 rings (SSSR count). The number of pyridine rings is 1. The van der Waals surface area contributed by atoms with Crippen LogP contribution in [-0.4, -0.2) is 43.3 Å². The molecule has 126 valence electrons. The lowest BCUT2D eigenvalue weighted by Crippen LogP contribution is -2.21. The van der Waals surface area contributed by atoms with Gasteiger partial charge in [0.25, 0.3) is 5.91 Å². The summed E-state index contributed by atoms with van der Waals surface area (Å²) >= 11 is 1.54. The Morgan fingerprint density at radius 3 is 2.50 bits per heavy atom. The van der Waals surface area contributed by atoms with E-state index in [2.05, 4.69) is 4.98 Å². The van der Waals surface area contributed by atoms with Crippen LogP contribution in [0.15, 0.2) is 29.1 Å². The van der Waals surface area contributed by atoms with Crippen molar-refractivity contribution in [2.24, 2.45) is 0 Å². The number of carbonyl (C=O) groups excluding carboxylic acids is 1. The Balaban J connectivity index is 2.30. The average molecular weight is 346 g/mol. The summed E-state index contributed by atoms with van der Waals surface area (Å²) in [5.41, 5.74) is 2.25. The summed E-state index contributed by atoms with van der Waals surface area (Å²) in [6.07, 6.45) is 1.93. The van der Waals surface area contributed by atoms with Gasteiger partial charge >= 0.3 is 0 Å². The van der Waals surface area contributed by atoms with E-state index >= 15 is 0 Å². The first-order valence-electron chi connectivity index (χ1n) is 7.31. The van der Waals surface area contributed by atoms with Crippen molar-refractivity contribution in [2.75, 3.05) is 27.5 Å². The number of benzene rings is 1. The molecule has 1 aromatic carbocycles. The molecule has 0 fully saturated rings. The zero-order valence-electron chi connectivity index (χ0n) is 13.9. The van der Waals surface area contributed by atoms with Gasteiger partial charge in [-0.1, -0.05) is 0 Å². The Morgan fingerprint density at radius 1 is 1.12 bits per heavy atom. The number of H-pyrrole nitrogens is 1. The zero-order chi connectivity index (χ0) is 17.4. The van der Waals surface area contributed by atoms with Gasteiger partial charge in [0.05, 0.1) is 25.5 Å². The van der Waals surface area contributed by atoms with Gasteiger partial charge in [0.1, 0.15) is 16.9 Å². The van der Waals surface area contributed by atoms with Crippen molar-refractivity contribution in [3.63, 3.8) is 0 Å². The van der Waals surface area contributed by atoms with Crippen molar-refractivity contribution in [1.82, 2.24) is 9.88 Å². The number of aromatic nitrogens is 1. The molecular weight excluding hydrogens is 328 g/mol. The molecule has 7 heteroatoms. The van der Waals surface area contributed by atoms with Gasteiger partial charge in [-0.25, -0.2) is 0 Å². The molecular formula is C17H18N2O4S. The topological polar surface area (TPSA) is 71.6 Å². The number of hydrogen-bond donors (Lipinski definition) is 1. The van der Waals surface area contributed by atoms with E-state index in [1.54, 1.807) is 50.1 Å². The van der Waals surface area contributed by atoms with Crippen LogP contribution in [0.4, 0.5) is 0 Å². The molecule has 0 spiro atoms. The molecule has 24 heavy (non-hydrogen) atoms. The lowest BCUT2D eigenvalue weighted by atomic mass is 10.0. The van der Waals surface area contributed by atoms with E-state index in [1.165, 1.54) is 6.07 Å².